The van der Waals surface area contributed by atoms with Gasteiger partial charge in [-0.15, -0.1) is 0 Å². The molecule has 0 aromatic heterocycles. The average molecular weight is 329 g/mol. The van der Waals surface area contributed by atoms with Crippen LogP contribution in [0.3, 0.4) is 0 Å². The van der Waals surface area contributed by atoms with Gasteiger partial charge in [0.25, 0.3) is 0 Å². The third-order valence-electron chi connectivity index (χ3n) is 4.81. The maximum Gasteiger partial charge on any atom is 0.0548 e. The molecule has 2 aliphatic carbocycles. The SMILES string of the molecule is NC(CC1CC2CCC1C2)c1ccc(Cl)c(Br)c1. The van der Waals surface area contributed by atoms with E-state index in [0.29, 0.717) is 0 Å². The van der Waals surface area contributed by atoms with Gasteiger partial charge < -0.3 is 5.73 Å². The van der Waals surface area contributed by atoms with Crippen LogP contribution in [-0.4, -0.2) is 0 Å². The first-order valence-electron chi connectivity index (χ1n) is 6.84. The molecule has 2 saturated carbocycles. The lowest BCUT2D eigenvalue weighted by Gasteiger charge is -2.25. The highest BCUT2D eigenvalue weighted by molar-refractivity contribution is 9.10. The van der Waals surface area contributed by atoms with Crippen LogP contribution in [0, 0.1) is 17.8 Å². The second-order valence-electron chi connectivity index (χ2n) is 5.95. The molecule has 3 heteroatoms. The van der Waals surface area contributed by atoms with Crippen LogP contribution in [0.5, 0.6) is 0 Å². The van der Waals surface area contributed by atoms with Gasteiger partial charge in [-0.25, -0.2) is 0 Å². The highest BCUT2D eigenvalue weighted by Crippen LogP contribution is 2.50. The zero-order valence-electron chi connectivity index (χ0n) is 10.4. The van der Waals surface area contributed by atoms with E-state index in [1.54, 1.807) is 0 Å². The third kappa shape index (κ3) is 2.48. The maximum absolute atomic E-state index is 6.36. The van der Waals surface area contributed by atoms with Gasteiger partial charge in [0.05, 0.1) is 5.02 Å². The molecule has 0 radical (unpaired) electrons. The molecule has 0 amide bonds. The van der Waals surface area contributed by atoms with Gasteiger partial charge in [0.15, 0.2) is 0 Å². The van der Waals surface area contributed by atoms with Gasteiger partial charge in [0.2, 0.25) is 0 Å². The molecule has 98 valence electrons. The Bertz CT molecular complexity index is 448. The summed E-state index contributed by atoms with van der Waals surface area (Å²) < 4.78 is 0.949. The van der Waals surface area contributed by atoms with Gasteiger partial charge in [-0.3, -0.25) is 0 Å². The Labute approximate surface area is 122 Å². The van der Waals surface area contributed by atoms with E-state index < -0.39 is 0 Å². The summed E-state index contributed by atoms with van der Waals surface area (Å²) in [6, 6.07) is 6.22. The van der Waals surface area contributed by atoms with E-state index in [9.17, 15) is 0 Å². The van der Waals surface area contributed by atoms with E-state index in [1.807, 2.05) is 6.07 Å². The van der Waals surface area contributed by atoms with Crippen LogP contribution in [0.15, 0.2) is 22.7 Å². The summed E-state index contributed by atoms with van der Waals surface area (Å²) >= 11 is 9.49. The number of fused-ring (bicyclic) bond motifs is 2. The average Bonchev–Trinajstić information content (AvgIpc) is 2.94. The predicted molar refractivity (Wildman–Crippen MR) is 79.6 cm³/mol. The normalized spacial score (nSPS) is 31.8. The quantitative estimate of drug-likeness (QED) is 0.836. The van der Waals surface area contributed by atoms with Crippen LogP contribution >= 0.6 is 27.5 Å². The van der Waals surface area contributed by atoms with Crippen molar-refractivity contribution in [3.8, 4) is 0 Å². The Morgan fingerprint density at radius 3 is 2.78 bits per heavy atom. The van der Waals surface area contributed by atoms with Crippen LogP contribution in [0.2, 0.25) is 5.02 Å². The molecule has 2 N–H and O–H groups in total. The molecule has 1 nitrogen and oxygen atoms in total. The molecule has 3 rings (SSSR count). The first kappa shape index (κ1) is 13.0. The Kier molecular flexibility index (Phi) is 3.70. The van der Waals surface area contributed by atoms with Crippen LogP contribution < -0.4 is 5.73 Å². The molecule has 2 fully saturated rings. The molecular formula is C15H19BrClN. The summed E-state index contributed by atoms with van der Waals surface area (Å²) in [7, 11) is 0. The number of hydrogen-bond acceptors (Lipinski definition) is 1. The highest BCUT2D eigenvalue weighted by atomic mass is 79.9. The molecule has 1 aromatic rings. The van der Waals surface area contributed by atoms with E-state index in [-0.39, 0.29) is 6.04 Å². The van der Waals surface area contributed by atoms with Crippen molar-refractivity contribution in [2.75, 3.05) is 0 Å². The lowest BCUT2D eigenvalue weighted by Crippen LogP contribution is -2.19. The summed E-state index contributed by atoms with van der Waals surface area (Å²) in [5.41, 5.74) is 7.56. The molecule has 4 atom stereocenters. The molecule has 0 aliphatic heterocycles. The van der Waals surface area contributed by atoms with Crippen molar-refractivity contribution < 1.29 is 0 Å². The number of nitrogens with two attached hydrogens (primary N) is 1. The van der Waals surface area contributed by atoms with Crippen LogP contribution in [0.1, 0.15) is 43.7 Å². The third-order valence-corrected chi connectivity index (χ3v) is 6.03. The van der Waals surface area contributed by atoms with Gasteiger partial charge in [-0.1, -0.05) is 24.1 Å². The Hall–Kier alpha value is -0.0500. The largest absolute Gasteiger partial charge is 0.324 e. The topological polar surface area (TPSA) is 26.0 Å². The van der Waals surface area contributed by atoms with Gasteiger partial charge >= 0.3 is 0 Å². The molecule has 2 aliphatic rings. The first-order chi connectivity index (χ1) is 8.63. The molecule has 0 saturated heterocycles. The van der Waals surface area contributed by atoms with E-state index in [4.69, 9.17) is 17.3 Å². The van der Waals surface area contributed by atoms with Crippen molar-refractivity contribution >= 4 is 27.5 Å². The van der Waals surface area contributed by atoms with E-state index in [1.165, 1.54) is 31.2 Å². The summed E-state index contributed by atoms with van der Waals surface area (Å²) in [5, 5.41) is 0.755. The second kappa shape index (κ2) is 5.15. The van der Waals surface area contributed by atoms with Crippen molar-refractivity contribution in [3.63, 3.8) is 0 Å². The summed E-state index contributed by atoms with van der Waals surface area (Å²) in [6.07, 6.45) is 6.90. The van der Waals surface area contributed by atoms with E-state index in [0.717, 1.165) is 33.7 Å². The van der Waals surface area contributed by atoms with E-state index >= 15 is 0 Å². The molecule has 4 unspecified atom stereocenters. The van der Waals surface area contributed by atoms with Crippen LogP contribution in [-0.2, 0) is 0 Å². The maximum atomic E-state index is 6.36. The molecular weight excluding hydrogens is 310 g/mol. The van der Waals surface area contributed by atoms with Crippen LogP contribution in [0.4, 0.5) is 0 Å². The molecule has 1 aromatic carbocycles. The van der Waals surface area contributed by atoms with Gasteiger partial charge in [-0.2, -0.15) is 0 Å². The fourth-order valence-electron chi connectivity index (χ4n) is 3.87. The van der Waals surface area contributed by atoms with Crippen molar-refractivity contribution in [2.45, 2.75) is 38.1 Å². The Morgan fingerprint density at radius 2 is 2.17 bits per heavy atom. The molecule has 0 spiro atoms. The second-order valence-corrected chi connectivity index (χ2v) is 7.21. The van der Waals surface area contributed by atoms with Crippen molar-refractivity contribution in [3.05, 3.63) is 33.3 Å². The molecule has 18 heavy (non-hydrogen) atoms. The van der Waals surface area contributed by atoms with Gasteiger partial charge in [-0.05, 0) is 77.1 Å². The number of hydrogen-bond donors (Lipinski definition) is 1. The fourth-order valence-corrected chi connectivity index (χ4v) is 4.38. The van der Waals surface area contributed by atoms with Crippen molar-refractivity contribution in [1.29, 1.82) is 0 Å². The minimum Gasteiger partial charge on any atom is -0.324 e. The minimum atomic E-state index is 0.155. The summed E-state index contributed by atoms with van der Waals surface area (Å²) in [6.45, 7) is 0. The van der Waals surface area contributed by atoms with Gasteiger partial charge in [0.1, 0.15) is 0 Å². The fraction of sp³-hybridized carbons (Fsp3) is 0.600. The minimum absolute atomic E-state index is 0.155. The zero-order chi connectivity index (χ0) is 12.7. The predicted octanol–water partition coefficient (Wildman–Crippen LogP) is 4.93. The Morgan fingerprint density at radius 1 is 1.33 bits per heavy atom. The number of halogens is 2. The summed E-state index contributed by atoms with van der Waals surface area (Å²) in [5.74, 6) is 2.81. The van der Waals surface area contributed by atoms with Crippen molar-refractivity contribution in [1.82, 2.24) is 0 Å². The number of rotatable bonds is 3. The first-order valence-corrected chi connectivity index (χ1v) is 8.01. The zero-order valence-corrected chi connectivity index (χ0v) is 12.8. The van der Waals surface area contributed by atoms with Crippen molar-refractivity contribution in [2.24, 2.45) is 23.5 Å². The van der Waals surface area contributed by atoms with Crippen LogP contribution in [0.25, 0.3) is 0 Å². The smallest absolute Gasteiger partial charge is 0.0548 e. The van der Waals surface area contributed by atoms with Gasteiger partial charge in [0, 0.05) is 10.5 Å². The molecule has 2 bridgehead atoms. The monoisotopic (exact) mass is 327 g/mol. The molecule has 0 heterocycles. The lowest BCUT2D eigenvalue weighted by atomic mass is 9.83. The summed E-state index contributed by atoms with van der Waals surface area (Å²) in [4.78, 5) is 0. The van der Waals surface area contributed by atoms with E-state index in [2.05, 4.69) is 28.1 Å². The number of benzene rings is 1. The standard InChI is InChI=1S/C15H19BrClN/c16-13-7-11(3-4-14(13)17)15(18)8-12-6-9-1-2-10(12)5-9/h3-4,7,9-10,12,15H,1-2,5-6,8,18H2. The highest BCUT2D eigenvalue weighted by Gasteiger charge is 2.39. The lowest BCUT2D eigenvalue weighted by molar-refractivity contribution is 0.296. The Balaban J connectivity index is 1.67.